The van der Waals surface area contributed by atoms with Crippen molar-refractivity contribution in [3.63, 3.8) is 0 Å². The van der Waals surface area contributed by atoms with Gasteiger partial charge in [0.25, 0.3) is 0 Å². The van der Waals surface area contributed by atoms with Crippen LogP contribution >= 0.6 is 12.6 Å². The van der Waals surface area contributed by atoms with Crippen LogP contribution < -0.4 is 0 Å². The summed E-state index contributed by atoms with van der Waals surface area (Å²) < 4.78 is 0. The van der Waals surface area contributed by atoms with Gasteiger partial charge in [-0.1, -0.05) is 6.07 Å². The van der Waals surface area contributed by atoms with Gasteiger partial charge in [-0.05, 0) is 6.07 Å². The Morgan fingerprint density at radius 1 is 1.50 bits per heavy atom. The molecule has 0 bridgehead atoms. The van der Waals surface area contributed by atoms with Crippen molar-refractivity contribution in [2.24, 2.45) is 0 Å². The van der Waals surface area contributed by atoms with Gasteiger partial charge in [0.2, 0.25) is 5.88 Å². The molecule has 1 aromatic heterocycles. The lowest BCUT2D eigenvalue weighted by Crippen LogP contribution is -1.72. The number of rotatable bonds is 0. The van der Waals surface area contributed by atoms with Crippen LogP contribution in [0.4, 0.5) is 0 Å². The van der Waals surface area contributed by atoms with E-state index in [1.165, 1.54) is 6.07 Å². The van der Waals surface area contributed by atoms with Crippen LogP contribution in [0.5, 0.6) is 5.88 Å². The minimum Gasteiger partial charge on any atom is -0.493 e. The van der Waals surface area contributed by atoms with E-state index in [0.29, 0.717) is 5.03 Å². The van der Waals surface area contributed by atoms with Crippen LogP contribution in [0.2, 0.25) is 0 Å². The third-order valence-corrected chi connectivity index (χ3v) is 0.969. The van der Waals surface area contributed by atoms with E-state index in [2.05, 4.69) is 17.6 Å². The van der Waals surface area contributed by atoms with Crippen molar-refractivity contribution in [3.8, 4) is 5.88 Å². The average Bonchev–Trinajstić information content (AvgIpc) is 1.64. The predicted octanol–water partition coefficient (Wildman–Crippen LogP) is 1.08. The fourth-order valence-electron chi connectivity index (χ4n) is 0.412. The Bertz CT molecular complexity index is 172. The first-order valence-corrected chi connectivity index (χ1v) is 2.59. The molecule has 1 heterocycles. The molecule has 8 heavy (non-hydrogen) atoms. The fraction of sp³-hybridized carbons (Fsp3) is 0. The van der Waals surface area contributed by atoms with Crippen molar-refractivity contribution in [3.05, 3.63) is 18.2 Å². The average molecular weight is 127 g/mol. The van der Waals surface area contributed by atoms with E-state index in [1.807, 2.05) is 0 Å². The third-order valence-electron chi connectivity index (χ3n) is 0.720. The van der Waals surface area contributed by atoms with Gasteiger partial charge < -0.3 is 5.11 Å². The van der Waals surface area contributed by atoms with Gasteiger partial charge in [-0.2, -0.15) is 0 Å². The molecular weight excluding hydrogens is 122 g/mol. The summed E-state index contributed by atoms with van der Waals surface area (Å²) in [7, 11) is 0. The zero-order valence-corrected chi connectivity index (χ0v) is 4.97. The van der Waals surface area contributed by atoms with E-state index in [9.17, 15) is 0 Å². The lowest BCUT2D eigenvalue weighted by molar-refractivity contribution is 0.449. The van der Waals surface area contributed by atoms with Gasteiger partial charge in [-0.15, -0.1) is 12.6 Å². The van der Waals surface area contributed by atoms with E-state index < -0.39 is 0 Å². The number of thiol groups is 1. The number of pyridine rings is 1. The van der Waals surface area contributed by atoms with Gasteiger partial charge in [-0.3, -0.25) is 0 Å². The molecule has 0 atom stereocenters. The van der Waals surface area contributed by atoms with Crippen molar-refractivity contribution >= 4 is 12.6 Å². The largest absolute Gasteiger partial charge is 0.493 e. The maximum atomic E-state index is 8.65. The standard InChI is InChI=1S/C5H5NOS/c7-4-2-1-3-5(8)6-4/h1-3H,(H2,6,7,8). The smallest absolute Gasteiger partial charge is 0.211 e. The first kappa shape index (κ1) is 5.44. The SMILES string of the molecule is Oc1cccc(S)n1. The molecule has 2 nitrogen and oxygen atoms in total. The van der Waals surface area contributed by atoms with Gasteiger partial charge in [-0.25, -0.2) is 4.98 Å². The lowest BCUT2D eigenvalue weighted by atomic mass is 10.5. The fourth-order valence-corrected chi connectivity index (χ4v) is 0.601. The Balaban J connectivity index is 3.08. The van der Waals surface area contributed by atoms with Gasteiger partial charge in [0.05, 0.1) is 5.03 Å². The summed E-state index contributed by atoms with van der Waals surface area (Å²) in [6, 6.07) is 4.88. The van der Waals surface area contributed by atoms with Crippen LogP contribution in [0.1, 0.15) is 0 Å². The van der Waals surface area contributed by atoms with E-state index in [1.54, 1.807) is 12.1 Å². The molecule has 0 amide bonds. The van der Waals surface area contributed by atoms with Gasteiger partial charge >= 0.3 is 0 Å². The van der Waals surface area contributed by atoms with Crippen LogP contribution in [0.25, 0.3) is 0 Å². The lowest BCUT2D eigenvalue weighted by Gasteiger charge is -1.88. The second-order valence-electron chi connectivity index (χ2n) is 1.35. The molecular formula is C5H5NOS. The van der Waals surface area contributed by atoms with Crippen LogP contribution in [-0.4, -0.2) is 10.1 Å². The molecule has 0 aliphatic carbocycles. The highest BCUT2D eigenvalue weighted by molar-refractivity contribution is 7.80. The van der Waals surface area contributed by atoms with Crippen molar-refractivity contribution in [2.45, 2.75) is 5.03 Å². The second-order valence-corrected chi connectivity index (χ2v) is 1.81. The minimum atomic E-state index is 0.0116. The van der Waals surface area contributed by atoms with Gasteiger partial charge in [0.15, 0.2) is 0 Å². The summed E-state index contributed by atoms with van der Waals surface area (Å²) in [5.41, 5.74) is 0. The molecule has 0 unspecified atom stereocenters. The molecule has 1 aromatic rings. The molecule has 0 saturated carbocycles. The molecule has 42 valence electrons. The van der Waals surface area contributed by atoms with Crippen molar-refractivity contribution in [1.29, 1.82) is 0 Å². The molecule has 3 heteroatoms. The second kappa shape index (κ2) is 2.05. The highest BCUT2D eigenvalue weighted by atomic mass is 32.1. The third kappa shape index (κ3) is 1.13. The van der Waals surface area contributed by atoms with E-state index in [-0.39, 0.29) is 5.88 Å². The Morgan fingerprint density at radius 3 is 2.62 bits per heavy atom. The number of aromatic hydroxyl groups is 1. The summed E-state index contributed by atoms with van der Waals surface area (Å²) >= 11 is 3.88. The maximum Gasteiger partial charge on any atom is 0.211 e. The summed E-state index contributed by atoms with van der Waals surface area (Å²) in [5, 5.41) is 9.19. The van der Waals surface area contributed by atoms with Crippen LogP contribution in [0, 0.1) is 0 Å². The monoisotopic (exact) mass is 127 g/mol. The van der Waals surface area contributed by atoms with Crippen LogP contribution in [0.3, 0.4) is 0 Å². The molecule has 1 rings (SSSR count). The predicted molar refractivity (Wildman–Crippen MR) is 33.2 cm³/mol. The molecule has 0 aliphatic rings. The first-order valence-electron chi connectivity index (χ1n) is 2.14. The van der Waals surface area contributed by atoms with Crippen molar-refractivity contribution in [2.75, 3.05) is 0 Å². The Kier molecular flexibility index (Phi) is 1.39. The minimum absolute atomic E-state index is 0.0116. The van der Waals surface area contributed by atoms with E-state index in [4.69, 9.17) is 5.11 Å². The number of hydrogen-bond acceptors (Lipinski definition) is 3. The van der Waals surface area contributed by atoms with Gasteiger partial charge in [0.1, 0.15) is 0 Å². The zero-order chi connectivity index (χ0) is 5.98. The summed E-state index contributed by atoms with van der Waals surface area (Å²) in [5.74, 6) is 0.0116. The Morgan fingerprint density at radius 2 is 2.25 bits per heavy atom. The molecule has 0 fully saturated rings. The zero-order valence-electron chi connectivity index (χ0n) is 4.07. The Hall–Kier alpha value is -0.700. The maximum absolute atomic E-state index is 8.65. The number of nitrogens with zero attached hydrogens (tertiary/aromatic N) is 1. The number of aromatic nitrogens is 1. The van der Waals surface area contributed by atoms with Crippen molar-refractivity contribution in [1.82, 2.24) is 4.98 Å². The first-order chi connectivity index (χ1) is 3.79. The van der Waals surface area contributed by atoms with Crippen molar-refractivity contribution < 1.29 is 5.11 Å². The molecule has 0 saturated heterocycles. The molecule has 1 N–H and O–H groups in total. The molecule has 0 aliphatic heterocycles. The van der Waals surface area contributed by atoms with Gasteiger partial charge in [0, 0.05) is 6.07 Å². The van der Waals surface area contributed by atoms with E-state index in [0.717, 1.165) is 0 Å². The Labute approximate surface area is 52.6 Å². The topological polar surface area (TPSA) is 33.1 Å². The van der Waals surface area contributed by atoms with Crippen LogP contribution in [0.15, 0.2) is 23.2 Å². The molecule has 0 radical (unpaired) electrons. The molecule has 0 spiro atoms. The quantitative estimate of drug-likeness (QED) is 0.511. The summed E-state index contributed by atoms with van der Waals surface area (Å²) in [6.45, 7) is 0. The normalized spacial score (nSPS) is 9.12. The van der Waals surface area contributed by atoms with E-state index >= 15 is 0 Å². The van der Waals surface area contributed by atoms with Crippen LogP contribution in [-0.2, 0) is 0 Å². The highest BCUT2D eigenvalue weighted by Crippen LogP contribution is 2.06. The molecule has 0 aromatic carbocycles. The summed E-state index contributed by atoms with van der Waals surface area (Å²) in [6.07, 6.45) is 0. The number of hydrogen-bond donors (Lipinski definition) is 2. The highest BCUT2D eigenvalue weighted by Gasteiger charge is 1.85. The summed E-state index contributed by atoms with van der Waals surface area (Å²) in [4.78, 5) is 3.59.